The summed E-state index contributed by atoms with van der Waals surface area (Å²) in [5.41, 5.74) is 0.754. The number of amides is 1. The summed E-state index contributed by atoms with van der Waals surface area (Å²) in [6.45, 7) is 1.55. The van der Waals surface area contributed by atoms with E-state index in [4.69, 9.17) is 10.0 Å². The van der Waals surface area contributed by atoms with Crippen LogP contribution in [0.1, 0.15) is 35.0 Å². The molecule has 1 aromatic carbocycles. The Bertz CT molecular complexity index is 1090. The van der Waals surface area contributed by atoms with Gasteiger partial charge in [0, 0.05) is 30.5 Å². The summed E-state index contributed by atoms with van der Waals surface area (Å²) in [6.07, 6.45) is 1.43. The zero-order valence-electron chi connectivity index (χ0n) is 15.3. The van der Waals surface area contributed by atoms with Crippen molar-refractivity contribution in [3.8, 4) is 6.07 Å². The fourth-order valence-electron chi connectivity index (χ4n) is 3.29. The number of aliphatic hydroxyl groups is 1. The fraction of sp³-hybridized carbons (Fsp3) is 0.333. The van der Waals surface area contributed by atoms with Crippen molar-refractivity contribution in [1.29, 1.82) is 10.0 Å². The molecule has 148 valence electrons. The van der Waals surface area contributed by atoms with E-state index in [1.807, 2.05) is 0 Å². The molecule has 2 heterocycles. The molecule has 10 heteroatoms. The van der Waals surface area contributed by atoms with Crippen LogP contribution in [0.2, 0.25) is 0 Å². The first-order valence-electron chi connectivity index (χ1n) is 8.57. The molecule has 0 spiro atoms. The maximum Gasteiger partial charge on any atom is 0.272 e. The summed E-state index contributed by atoms with van der Waals surface area (Å²) in [5.74, 6) is -1.21. The fourth-order valence-corrected chi connectivity index (χ4v) is 5.01. The van der Waals surface area contributed by atoms with E-state index in [9.17, 15) is 18.5 Å². The number of aromatic nitrogens is 1. The largest absolute Gasteiger partial charge is 0.392 e. The van der Waals surface area contributed by atoms with E-state index in [2.05, 4.69) is 10.0 Å². The molecule has 2 unspecified atom stereocenters. The van der Waals surface area contributed by atoms with E-state index in [0.717, 1.165) is 6.07 Å². The summed E-state index contributed by atoms with van der Waals surface area (Å²) < 4.78 is 38.7. The van der Waals surface area contributed by atoms with Crippen molar-refractivity contribution in [2.45, 2.75) is 36.8 Å². The summed E-state index contributed by atoms with van der Waals surface area (Å²) in [6, 6.07) is 4.84. The first-order valence-corrected chi connectivity index (χ1v) is 10.1. The monoisotopic (exact) mass is 405 g/mol. The Balaban J connectivity index is 1.98. The molecule has 2 aromatic rings. The maximum absolute atomic E-state index is 13.5. The highest BCUT2D eigenvalue weighted by atomic mass is 32.2. The van der Waals surface area contributed by atoms with Gasteiger partial charge in [0.25, 0.3) is 5.91 Å². The van der Waals surface area contributed by atoms with Crippen LogP contribution >= 0.6 is 0 Å². The number of nitriles is 1. The van der Waals surface area contributed by atoms with Gasteiger partial charge in [0.1, 0.15) is 27.5 Å². The summed E-state index contributed by atoms with van der Waals surface area (Å²) in [7, 11) is -1.79. The number of anilines is 1. The van der Waals surface area contributed by atoms with Crippen LogP contribution in [0.15, 0.2) is 29.3 Å². The highest BCUT2D eigenvalue weighted by molar-refractivity contribution is 7.90. The van der Waals surface area contributed by atoms with Gasteiger partial charge in [-0.05, 0) is 38.0 Å². The average Bonchev–Trinajstić information content (AvgIpc) is 2.90. The molecule has 0 radical (unpaired) electrons. The van der Waals surface area contributed by atoms with E-state index >= 15 is 0 Å². The third-order valence-electron chi connectivity index (χ3n) is 4.72. The van der Waals surface area contributed by atoms with E-state index in [0.29, 0.717) is 18.4 Å². The first-order chi connectivity index (χ1) is 13.1. The van der Waals surface area contributed by atoms with Crippen LogP contribution in [0, 0.1) is 21.9 Å². The van der Waals surface area contributed by atoms with Crippen molar-refractivity contribution >= 4 is 21.5 Å². The van der Waals surface area contributed by atoms with Gasteiger partial charge in [-0.3, -0.25) is 4.79 Å². The number of aliphatic hydroxyl groups excluding tert-OH is 1. The second kappa shape index (κ2) is 7.35. The van der Waals surface area contributed by atoms with Gasteiger partial charge in [-0.2, -0.15) is 5.26 Å². The molecule has 0 bridgehead atoms. The van der Waals surface area contributed by atoms with Crippen LogP contribution in [0.25, 0.3) is 0 Å². The predicted molar refractivity (Wildman–Crippen MR) is 101 cm³/mol. The third kappa shape index (κ3) is 3.64. The number of nitrogens with zero attached hydrogens (tertiary/aromatic N) is 2. The number of carbonyl (C=O) groups excluding carboxylic acids is 1. The molecular formula is C18H20FN5O3S. The number of halogens is 1. The van der Waals surface area contributed by atoms with Gasteiger partial charge in [0.15, 0.2) is 0 Å². The molecule has 8 nitrogen and oxygen atoms in total. The molecule has 0 saturated heterocycles. The number of nitrogens with one attached hydrogen (secondary N) is 3. The Morgan fingerprint density at radius 1 is 1.57 bits per heavy atom. The molecular weight excluding hydrogens is 385 g/mol. The van der Waals surface area contributed by atoms with Gasteiger partial charge < -0.3 is 15.0 Å². The lowest BCUT2D eigenvalue weighted by molar-refractivity contribution is 0.101. The van der Waals surface area contributed by atoms with Gasteiger partial charge in [-0.15, -0.1) is 0 Å². The third-order valence-corrected chi connectivity index (χ3v) is 6.33. The van der Waals surface area contributed by atoms with Crippen molar-refractivity contribution in [2.24, 2.45) is 7.05 Å². The van der Waals surface area contributed by atoms with Crippen LogP contribution in [0.5, 0.6) is 0 Å². The van der Waals surface area contributed by atoms with Gasteiger partial charge in [0.05, 0.1) is 16.6 Å². The maximum atomic E-state index is 13.5. The minimum Gasteiger partial charge on any atom is -0.392 e. The van der Waals surface area contributed by atoms with Gasteiger partial charge in [-0.1, -0.05) is 0 Å². The first kappa shape index (κ1) is 20.0. The van der Waals surface area contributed by atoms with Crippen molar-refractivity contribution < 1.29 is 18.5 Å². The van der Waals surface area contributed by atoms with Crippen molar-refractivity contribution in [3.05, 3.63) is 47.0 Å². The topological polar surface area (TPSA) is 131 Å². The molecule has 3 rings (SSSR count). The Labute approximate surface area is 162 Å². The summed E-state index contributed by atoms with van der Waals surface area (Å²) in [5, 5.41) is 21.4. The molecule has 0 aliphatic carbocycles. The number of hydrogen-bond acceptors (Lipinski definition) is 5. The number of aryl methyl sites for hydroxylation is 1. The van der Waals surface area contributed by atoms with Gasteiger partial charge in [-0.25, -0.2) is 18.1 Å². The van der Waals surface area contributed by atoms with E-state index < -0.39 is 33.8 Å². The van der Waals surface area contributed by atoms with Crippen LogP contribution in [-0.2, 0) is 23.4 Å². The number of benzene rings is 1. The van der Waals surface area contributed by atoms with Crippen molar-refractivity contribution in [2.75, 3.05) is 5.32 Å². The van der Waals surface area contributed by atoms with E-state index in [-0.39, 0.29) is 21.8 Å². The normalized spacial score (nSPS) is 22.6. The molecule has 4 N–H and O–H groups in total. The van der Waals surface area contributed by atoms with Crippen molar-refractivity contribution in [3.63, 3.8) is 0 Å². The molecule has 0 saturated carbocycles. The molecule has 1 amide bonds. The number of carbonyl (C=O) groups is 1. The number of fused-ring (bicyclic) bond motifs is 1. The lowest BCUT2D eigenvalue weighted by Gasteiger charge is -2.19. The minimum atomic E-state index is -3.40. The van der Waals surface area contributed by atoms with Crippen LogP contribution < -0.4 is 10.0 Å². The lowest BCUT2D eigenvalue weighted by atomic mass is 10.0. The Morgan fingerprint density at radius 3 is 2.93 bits per heavy atom. The number of rotatable bonds is 3. The highest BCUT2D eigenvalue weighted by Gasteiger charge is 2.32. The van der Waals surface area contributed by atoms with Crippen LogP contribution in [-0.4, -0.2) is 31.9 Å². The SMILES string of the molecule is CC(O)[C@H]1CCc2c(cn(C)c2C(=O)Nc2ccc(F)c(C#N)c2)S(=N)(=O)N1. The standard InChI is InChI=1S/C18H20FN5O3S/c1-10(25)15-6-4-13-16(28(21,27)23-15)9-24(2)17(13)18(26)22-12-3-5-14(19)11(7-12)8-20/h3,5,7,9-10,15,25H,4,6H2,1-2H3,(H,22,26)(H2,21,23,27)/t10?,15-,28?/m1/s1. The second-order valence-corrected chi connectivity index (χ2v) is 8.54. The summed E-state index contributed by atoms with van der Waals surface area (Å²) in [4.78, 5) is 13.1. The quantitative estimate of drug-likeness (QED) is 0.621. The van der Waals surface area contributed by atoms with E-state index in [1.165, 1.54) is 22.9 Å². The zero-order valence-corrected chi connectivity index (χ0v) is 16.1. The molecule has 0 fully saturated rings. The summed E-state index contributed by atoms with van der Waals surface area (Å²) >= 11 is 0. The average molecular weight is 405 g/mol. The second-order valence-electron chi connectivity index (χ2n) is 6.75. The predicted octanol–water partition coefficient (Wildman–Crippen LogP) is 1.89. The molecule has 28 heavy (non-hydrogen) atoms. The Kier molecular flexibility index (Phi) is 5.25. The molecule has 3 atom stereocenters. The van der Waals surface area contributed by atoms with E-state index in [1.54, 1.807) is 20.0 Å². The zero-order chi connectivity index (χ0) is 20.6. The van der Waals surface area contributed by atoms with Gasteiger partial charge >= 0.3 is 0 Å². The Hall–Kier alpha value is -2.74. The van der Waals surface area contributed by atoms with Crippen LogP contribution in [0.3, 0.4) is 0 Å². The number of hydrogen-bond donors (Lipinski definition) is 4. The smallest absolute Gasteiger partial charge is 0.272 e. The molecule has 1 aliphatic heterocycles. The van der Waals surface area contributed by atoms with Crippen molar-refractivity contribution in [1.82, 2.24) is 9.29 Å². The van der Waals surface area contributed by atoms with Gasteiger partial charge in [0.2, 0.25) is 0 Å². The Morgan fingerprint density at radius 2 is 2.29 bits per heavy atom. The van der Waals surface area contributed by atoms with Crippen LogP contribution in [0.4, 0.5) is 10.1 Å². The minimum absolute atomic E-state index is 0.193. The molecule has 1 aromatic heterocycles. The molecule has 1 aliphatic rings. The lowest BCUT2D eigenvalue weighted by Crippen LogP contribution is -2.40. The highest BCUT2D eigenvalue weighted by Crippen LogP contribution is 2.29.